The second-order valence-corrected chi connectivity index (χ2v) is 8.04. The zero-order chi connectivity index (χ0) is 17.0. The SMILES string of the molecule is Cc1cc(Sc2ccc(CC(C)C)cc2)cc(C)c1OC(C)C. The van der Waals surface area contributed by atoms with Crippen molar-refractivity contribution in [3.63, 3.8) is 0 Å². The third kappa shape index (κ3) is 5.31. The molecular weight excluding hydrogens is 300 g/mol. The van der Waals surface area contributed by atoms with E-state index in [1.807, 2.05) is 11.8 Å². The summed E-state index contributed by atoms with van der Waals surface area (Å²) in [5.74, 6) is 1.73. The van der Waals surface area contributed by atoms with Crippen molar-refractivity contribution in [3.05, 3.63) is 53.1 Å². The Morgan fingerprint density at radius 3 is 1.91 bits per heavy atom. The van der Waals surface area contributed by atoms with Gasteiger partial charge < -0.3 is 4.74 Å². The molecule has 0 bridgehead atoms. The summed E-state index contributed by atoms with van der Waals surface area (Å²) in [6.45, 7) is 12.9. The fourth-order valence-corrected chi connectivity index (χ4v) is 3.71. The van der Waals surface area contributed by atoms with Gasteiger partial charge in [0.15, 0.2) is 0 Å². The molecule has 0 fully saturated rings. The Labute approximate surface area is 145 Å². The Hall–Kier alpha value is -1.41. The molecule has 0 saturated carbocycles. The summed E-state index contributed by atoms with van der Waals surface area (Å²) < 4.78 is 5.92. The molecule has 23 heavy (non-hydrogen) atoms. The molecule has 0 heterocycles. The van der Waals surface area contributed by atoms with Crippen LogP contribution in [0.5, 0.6) is 5.75 Å². The first-order valence-electron chi connectivity index (χ1n) is 8.40. The Bertz CT molecular complexity index is 618. The first-order valence-corrected chi connectivity index (χ1v) is 9.21. The Morgan fingerprint density at radius 1 is 0.870 bits per heavy atom. The largest absolute Gasteiger partial charge is 0.490 e. The molecule has 0 radical (unpaired) electrons. The molecular formula is C21H28OS. The summed E-state index contributed by atoms with van der Waals surface area (Å²) in [6.07, 6.45) is 1.35. The summed E-state index contributed by atoms with van der Waals surface area (Å²) in [5.41, 5.74) is 3.83. The molecule has 0 spiro atoms. The van der Waals surface area contributed by atoms with Gasteiger partial charge in [-0.15, -0.1) is 0 Å². The van der Waals surface area contributed by atoms with Crippen molar-refractivity contribution in [3.8, 4) is 5.75 Å². The van der Waals surface area contributed by atoms with E-state index in [0.717, 1.165) is 12.2 Å². The molecule has 1 nitrogen and oxygen atoms in total. The van der Waals surface area contributed by atoms with Crippen LogP contribution in [0.4, 0.5) is 0 Å². The van der Waals surface area contributed by atoms with Crippen molar-refractivity contribution in [1.29, 1.82) is 0 Å². The second-order valence-electron chi connectivity index (χ2n) is 6.90. The molecule has 0 atom stereocenters. The predicted molar refractivity (Wildman–Crippen MR) is 101 cm³/mol. The van der Waals surface area contributed by atoms with E-state index in [2.05, 4.69) is 77.9 Å². The lowest BCUT2D eigenvalue weighted by Crippen LogP contribution is -2.08. The normalized spacial score (nSPS) is 11.3. The minimum absolute atomic E-state index is 0.208. The monoisotopic (exact) mass is 328 g/mol. The summed E-state index contributed by atoms with van der Waals surface area (Å²) in [4.78, 5) is 2.56. The van der Waals surface area contributed by atoms with Crippen molar-refractivity contribution < 1.29 is 4.74 Å². The Kier molecular flexibility index (Phi) is 6.17. The quantitative estimate of drug-likeness (QED) is 0.603. The minimum atomic E-state index is 0.208. The van der Waals surface area contributed by atoms with Gasteiger partial charge in [0.25, 0.3) is 0 Å². The van der Waals surface area contributed by atoms with E-state index < -0.39 is 0 Å². The highest BCUT2D eigenvalue weighted by atomic mass is 32.2. The molecule has 0 aliphatic rings. The molecule has 0 N–H and O–H groups in total. The van der Waals surface area contributed by atoms with Gasteiger partial charge in [0.2, 0.25) is 0 Å². The highest BCUT2D eigenvalue weighted by Gasteiger charge is 2.09. The third-order valence-electron chi connectivity index (χ3n) is 3.59. The smallest absolute Gasteiger partial charge is 0.125 e. The highest BCUT2D eigenvalue weighted by molar-refractivity contribution is 7.99. The van der Waals surface area contributed by atoms with E-state index in [-0.39, 0.29) is 6.10 Å². The number of aryl methyl sites for hydroxylation is 2. The van der Waals surface area contributed by atoms with Gasteiger partial charge in [0.05, 0.1) is 6.10 Å². The molecule has 0 aliphatic carbocycles. The van der Waals surface area contributed by atoms with E-state index in [0.29, 0.717) is 5.92 Å². The second kappa shape index (κ2) is 7.92. The number of ether oxygens (including phenoxy) is 1. The lowest BCUT2D eigenvalue weighted by atomic mass is 10.0. The molecule has 0 aromatic heterocycles. The van der Waals surface area contributed by atoms with Crippen LogP contribution in [0.2, 0.25) is 0 Å². The van der Waals surface area contributed by atoms with Crippen molar-refractivity contribution in [2.24, 2.45) is 5.92 Å². The first-order chi connectivity index (χ1) is 10.8. The molecule has 2 aromatic carbocycles. The van der Waals surface area contributed by atoms with Crippen molar-refractivity contribution in [1.82, 2.24) is 0 Å². The average molecular weight is 329 g/mol. The molecule has 2 aromatic rings. The maximum Gasteiger partial charge on any atom is 0.125 e. The zero-order valence-corrected chi connectivity index (χ0v) is 16.0. The van der Waals surface area contributed by atoms with Crippen LogP contribution in [0.15, 0.2) is 46.2 Å². The highest BCUT2D eigenvalue weighted by Crippen LogP contribution is 2.34. The number of benzene rings is 2. The van der Waals surface area contributed by atoms with E-state index in [9.17, 15) is 0 Å². The third-order valence-corrected chi connectivity index (χ3v) is 4.57. The van der Waals surface area contributed by atoms with E-state index in [4.69, 9.17) is 4.74 Å². The maximum atomic E-state index is 5.92. The summed E-state index contributed by atoms with van der Waals surface area (Å²) in [7, 11) is 0. The lowest BCUT2D eigenvalue weighted by Gasteiger charge is -2.16. The standard InChI is InChI=1S/C21H28OS/c1-14(2)11-18-7-9-19(10-8-18)23-20-12-16(5)21(17(6)13-20)22-15(3)4/h7-10,12-15H,11H2,1-6H3. The van der Waals surface area contributed by atoms with Gasteiger partial charge in [0.1, 0.15) is 5.75 Å². The maximum absolute atomic E-state index is 5.92. The summed E-state index contributed by atoms with van der Waals surface area (Å²) in [6, 6.07) is 13.4. The van der Waals surface area contributed by atoms with Crippen LogP contribution in [0, 0.1) is 19.8 Å². The van der Waals surface area contributed by atoms with Crippen LogP contribution in [-0.2, 0) is 6.42 Å². The molecule has 124 valence electrons. The molecule has 0 unspecified atom stereocenters. The van der Waals surface area contributed by atoms with Gasteiger partial charge in [-0.3, -0.25) is 0 Å². The van der Waals surface area contributed by atoms with Gasteiger partial charge >= 0.3 is 0 Å². The van der Waals surface area contributed by atoms with Crippen molar-refractivity contribution >= 4 is 11.8 Å². The first kappa shape index (κ1) is 17.9. The van der Waals surface area contributed by atoms with Crippen LogP contribution in [0.1, 0.15) is 44.4 Å². The van der Waals surface area contributed by atoms with Crippen LogP contribution < -0.4 is 4.74 Å². The van der Waals surface area contributed by atoms with Gasteiger partial charge in [-0.05, 0) is 81.0 Å². The van der Waals surface area contributed by atoms with Crippen LogP contribution in [0.3, 0.4) is 0 Å². The summed E-state index contributed by atoms with van der Waals surface area (Å²) >= 11 is 1.82. The number of rotatable bonds is 6. The topological polar surface area (TPSA) is 9.23 Å². The van der Waals surface area contributed by atoms with E-state index in [1.54, 1.807) is 0 Å². The van der Waals surface area contributed by atoms with Crippen LogP contribution in [0.25, 0.3) is 0 Å². The average Bonchev–Trinajstić information content (AvgIpc) is 2.44. The predicted octanol–water partition coefficient (Wildman–Crippen LogP) is 6.44. The van der Waals surface area contributed by atoms with Gasteiger partial charge in [0, 0.05) is 9.79 Å². The number of hydrogen-bond donors (Lipinski definition) is 0. The number of hydrogen-bond acceptors (Lipinski definition) is 2. The fraction of sp³-hybridized carbons (Fsp3) is 0.429. The fourth-order valence-electron chi connectivity index (χ4n) is 2.69. The molecule has 0 aliphatic heterocycles. The van der Waals surface area contributed by atoms with Crippen LogP contribution >= 0.6 is 11.8 Å². The van der Waals surface area contributed by atoms with E-state index >= 15 is 0 Å². The van der Waals surface area contributed by atoms with Gasteiger partial charge in [-0.1, -0.05) is 37.7 Å². The Morgan fingerprint density at radius 2 is 1.43 bits per heavy atom. The lowest BCUT2D eigenvalue weighted by molar-refractivity contribution is 0.239. The van der Waals surface area contributed by atoms with Crippen LogP contribution in [-0.4, -0.2) is 6.10 Å². The molecule has 2 heteroatoms. The van der Waals surface area contributed by atoms with Gasteiger partial charge in [-0.25, -0.2) is 0 Å². The summed E-state index contributed by atoms with van der Waals surface area (Å²) in [5, 5.41) is 0. The Balaban J connectivity index is 2.14. The van der Waals surface area contributed by atoms with Crippen molar-refractivity contribution in [2.75, 3.05) is 0 Å². The van der Waals surface area contributed by atoms with Crippen molar-refractivity contribution in [2.45, 2.75) is 63.9 Å². The molecule has 0 amide bonds. The van der Waals surface area contributed by atoms with Gasteiger partial charge in [-0.2, -0.15) is 0 Å². The molecule has 0 saturated heterocycles. The minimum Gasteiger partial charge on any atom is -0.490 e. The van der Waals surface area contributed by atoms with E-state index in [1.165, 1.54) is 26.5 Å². The zero-order valence-electron chi connectivity index (χ0n) is 15.1. The molecule has 2 rings (SSSR count).